The molecule has 0 aliphatic carbocycles. The Morgan fingerprint density at radius 1 is 0.833 bits per heavy atom. The monoisotopic (exact) mass is 370 g/mol. The molecule has 0 atom stereocenters. The second-order valence-corrected chi connectivity index (χ2v) is 7.62. The highest BCUT2D eigenvalue weighted by Crippen LogP contribution is 2.18. The number of nitrogens with zero attached hydrogens (tertiary/aromatic N) is 2. The average molecular weight is 371 g/mol. The third kappa shape index (κ3) is 3.28. The standard InChI is InChI=1S/2C6H5NS.C5H4N2S/c1-3-7-5-2-4-8-6(1)5;1-3-7-6-5(1)2-4-8-6;1-2-7-3-4-8-5(7)6-1/h2*1-4,7H;1-4H. The van der Waals surface area contributed by atoms with Crippen molar-refractivity contribution in [1.29, 1.82) is 0 Å². The molecular weight excluding hydrogens is 356 g/mol. The summed E-state index contributed by atoms with van der Waals surface area (Å²) in [6, 6.07) is 8.35. The van der Waals surface area contributed by atoms with Gasteiger partial charge in [0.1, 0.15) is 0 Å². The molecule has 6 rings (SSSR count). The van der Waals surface area contributed by atoms with Crippen molar-refractivity contribution in [3.8, 4) is 0 Å². The van der Waals surface area contributed by atoms with Gasteiger partial charge in [0, 0.05) is 41.8 Å². The van der Waals surface area contributed by atoms with Crippen molar-refractivity contribution in [3.63, 3.8) is 0 Å². The van der Waals surface area contributed by atoms with E-state index in [0.29, 0.717) is 0 Å². The van der Waals surface area contributed by atoms with Gasteiger partial charge < -0.3 is 9.97 Å². The number of thiazole rings is 1. The minimum absolute atomic E-state index is 1.06. The zero-order chi connectivity index (χ0) is 16.2. The lowest BCUT2D eigenvalue weighted by atomic mass is 10.4. The molecule has 2 N–H and O–H groups in total. The molecule has 120 valence electrons. The van der Waals surface area contributed by atoms with E-state index in [0.717, 1.165) is 4.96 Å². The highest BCUT2D eigenvalue weighted by atomic mass is 32.1. The van der Waals surface area contributed by atoms with Gasteiger partial charge in [0.15, 0.2) is 4.96 Å². The molecule has 0 fully saturated rings. The molecule has 0 saturated carbocycles. The molecule has 0 unspecified atom stereocenters. The molecule has 0 spiro atoms. The minimum atomic E-state index is 1.06. The van der Waals surface area contributed by atoms with Gasteiger partial charge in [0.25, 0.3) is 0 Å². The van der Waals surface area contributed by atoms with Crippen LogP contribution in [0.15, 0.2) is 71.4 Å². The molecule has 4 nitrogen and oxygen atoms in total. The first-order chi connectivity index (χ1) is 11.9. The first-order valence-corrected chi connectivity index (χ1v) is 9.91. The highest BCUT2D eigenvalue weighted by molar-refractivity contribution is 7.17. The molecule has 24 heavy (non-hydrogen) atoms. The number of imidazole rings is 1. The maximum Gasteiger partial charge on any atom is 0.193 e. The van der Waals surface area contributed by atoms with Crippen LogP contribution < -0.4 is 0 Å². The summed E-state index contributed by atoms with van der Waals surface area (Å²) in [6.45, 7) is 0. The number of rotatable bonds is 0. The summed E-state index contributed by atoms with van der Waals surface area (Å²) in [7, 11) is 0. The summed E-state index contributed by atoms with van der Waals surface area (Å²) in [6.07, 6.45) is 9.65. The number of fused-ring (bicyclic) bond motifs is 3. The zero-order valence-corrected chi connectivity index (χ0v) is 15.0. The quantitative estimate of drug-likeness (QED) is 0.346. The van der Waals surface area contributed by atoms with E-state index in [9.17, 15) is 0 Å². The van der Waals surface area contributed by atoms with E-state index in [1.165, 1.54) is 20.4 Å². The molecule has 0 aromatic carbocycles. The summed E-state index contributed by atoms with van der Waals surface area (Å²) in [5.41, 5.74) is 1.25. The predicted molar refractivity (Wildman–Crippen MR) is 105 cm³/mol. The van der Waals surface area contributed by atoms with E-state index in [-0.39, 0.29) is 0 Å². The Labute approximate surface area is 150 Å². The topological polar surface area (TPSA) is 48.9 Å². The molecular formula is C17H14N4S3. The van der Waals surface area contributed by atoms with Crippen LogP contribution >= 0.6 is 34.0 Å². The number of nitrogens with one attached hydrogen (secondary N) is 2. The van der Waals surface area contributed by atoms with Crippen molar-refractivity contribution >= 4 is 59.4 Å². The average Bonchev–Trinajstić information content (AvgIpc) is 3.33. The third-order valence-corrected chi connectivity index (χ3v) is 5.90. The van der Waals surface area contributed by atoms with Gasteiger partial charge in [-0.1, -0.05) is 0 Å². The van der Waals surface area contributed by atoms with Crippen molar-refractivity contribution in [2.75, 3.05) is 0 Å². The Hall–Kier alpha value is -2.35. The van der Waals surface area contributed by atoms with Gasteiger partial charge in [-0.15, -0.1) is 34.0 Å². The van der Waals surface area contributed by atoms with E-state index in [1.807, 2.05) is 34.6 Å². The second-order valence-electron chi connectivity index (χ2n) is 4.88. The van der Waals surface area contributed by atoms with Crippen LogP contribution in [0, 0.1) is 0 Å². The smallest absolute Gasteiger partial charge is 0.193 e. The zero-order valence-electron chi connectivity index (χ0n) is 12.5. The van der Waals surface area contributed by atoms with Gasteiger partial charge in [-0.3, -0.25) is 4.40 Å². The number of thiophene rings is 2. The van der Waals surface area contributed by atoms with Crippen LogP contribution in [-0.2, 0) is 0 Å². The van der Waals surface area contributed by atoms with Gasteiger partial charge in [-0.2, -0.15) is 0 Å². The summed E-state index contributed by atoms with van der Waals surface area (Å²) in [4.78, 5) is 12.6. The van der Waals surface area contributed by atoms with E-state index in [2.05, 4.69) is 50.0 Å². The fourth-order valence-electron chi connectivity index (χ4n) is 2.21. The Bertz CT molecular complexity index is 836. The Balaban J connectivity index is 0.0000000911. The molecule has 0 bridgehead atoms. The van der Waals surface area contributed by atoms with Gasteiger partial charge in [-0.25, -0.2) is 4.98 Å². The maximum absolute atomic E-state index is 4.06. The van der Waals surface area contributed by atoms with Crippen LogP contribution in [0.3, 0.4) is 0 Å². The summed E-state index contributed by atoms with van der Waals surface area (Å²) < 4.78 is 3.33. The van der Waals surface area contributed by atoms with Crippen molar-refractivity contribution in [3.05, 3.63) is 71.4 Å². The van der Waals surface area contributed by atoms with E-state index < -0.39 is 0 Å². The fraction of sp³-hybridized carbons (Fsp3) is 0. The molecule has 0 saturated heterocycles. The number of hydrogen-bond acceptors (Lipinski definition) is 4. The lowest BCUT2D eigenvalue weighted by molar-refractivity contribution is 1.23. The summed E-state index contributed by atoms with van der Waals surface area (Å²) in [5.74, 6) is 0. The lowest BCUT2D eigenvalue weighted by Gasteiger charge is -1.71. The van der Waals surface area contributed by atoms with Gasteiger partial charge in [0.2, 0.25) is 0 Å². The molecule has 6 aromatic rings. The van der Waals surface area contributed by atoms with Gasteiger partial charge >= 0.3 is 0 Å². The number of hydrogen-bond donors (Lipinski definition) is 2. The minimum Gasteiger partial charge on any atom is -0.360 e. The van der Waals surface area contributed by atoms with E-state index in [4.69, 9.17) is 0 Å². The Kier molecular flexibility index (Phi) is 4.46. The predicted octanol–water partition coefficient (Wildman–Crippen LogP) is 5.85. The van der Waals surface area contributed by atoms with Crippen molar-refractivity contribution in [1.82, 2.24) is 19.4 Å². The summed E-state index contributed by atoms with van der Waals surface area (Å²) in [5, 5.41) is 7.50. The molecule has 0 amide bonds. The highest BCUT2D eigenvalue weighted by Gasteiger charge is 1.90. The van der Waals surface area contributed by atoms with E-state index >= 15 is 0 Å². The summed E-state index contributed by atoms with van der Waals surface area (Å²) >= 11 is 5.15. The van der Waals surface area contributed by atoms with Crippen LogP contribution in [0.25, 0.3) is 25.4 Å². The number of aromatic nitrogens is 4. The molecule has 0 aliphatic heterocycles. The molecule has 7 heteroatoms. The van der Waals surface area contributed by atoms with Crippen LogP contribution in [0.4, 0.5) is 0 Å². The number of aromatic amines is 2. The lowest BCUT2D eigenvalue weighted by Crippen LogP contribution is -1.66. The maximum atomic E-state index is 4.06. The van der Waals surface area contributed by atoms with Crippen LogP contribution in [0.2, 0.25) is 0 Å². The third-order valence-electron chi connectivity index (χ3n) is 3.37. The van der Waals surface area contributed by atoms with Crippen LogP contribution in [0.5, 0.6) is 0 Å². The molecule has 0 aliphatic rings. The van der Waals surface area contributed by atoms with Gasteiger partial charge in [-0.05, 0) is 35.0 Å². The number of H-pyrrole nitrogens is 2. The van der Waals surface area contributed by atoms with Crippen molar-refractivity contribution < 1.29 is 0 Å². The first-order valence-electron chi connectivity index (χ1n) is 7.27. The SMILES string of the molecule is c1cc2ccsc2[nH]1.c1cc2sccc2[nH]1.c1cn2ccsc2n1. The Morgan fingerprint density at radius 2 is 1.75 bits per heavy atom. The first kappa shape index (κ1) is 15.2. The molecule has 6 aromatic heterocycles. The molecule has 6 heterocycles. The molecule has 0 radical (unpaired) electrons. The van der Waals surface area contributed by atoms with Crippen molar-refractivity contribution in [2.24, 2.45) is 0 Å². The van der Waals surface area contributed by atoms with Crippen molar-refractivity contribution in [2.45, 2.75) is 0 Å². The van der Waals surface area contributed by atoms with Crippen LogP contribution in [-0.4, -0.2) is 19.4 Å². The van der Waals surface area contributed by atoms with Crippen LogP contribution in [0.1, 0.15) is 0 Å². The van der Waals surface area contributed by atoms with Gasteiger partial charge in [0.05, 0.1) is 15.0 Å². The second kappa shape index (κ2) is 7.04. The Morgan fingerprint density at radius 3 is 2.62 bits per heavy atom. The fourth-order valence-corrected chi connectivity index (χ4v) is 4.40. The largest absolute Gasteiger partial charge is 0.360 e. The van der Waals surface area contributed by atoms with E-state index in [1.54, 1.807) is 40.2 Å². The normalized spacial score (nSPS) is 10.5.